The second-order valence-electron chi connectivity index (χ2n) is 11.7. The van der Waals surface area contributed by atoms with Crippen molar-refractivity contribution >= 4 is 32.9 Å². The molecular weight excluding hydrogens is 607 g/mol. The van der Waals surface area contributed by atoms with Crippen molar-refractivity contribution in [3.63, 3.8) is 0 Å². The lowest BCUT2D eigenvalue weighted by molar-refractivity contribution is -0.160. The van der Waals surface area contributed by atoms with E-state index in [0.717, 1.165) is 18.4 Å². The smallest absolute Gasteiger partial charge is 0.332 e. The number of hydrogen-bond donors (Lipinski definition) is 2. The Hall–Kier alpha value is -3.36. The summed E-state index contributed by atoms with van der Waals surface area (Å²) < 4.78 is 69.5. The van der Waals surface area contributed by atoms with Gasteiger partial charge in [0.25, 0.3) is 5.91 Å². The minimum atomic E-state index is -3.72. The van der Waals surface area contributed by atoms with Gasteiger partial charge in [-0.25, -0.2) is 22.3 Å². The third-order valence-corrected chi connectivity index (χ3v) is 8.16. The van der Waals surface area contributed by atoms with Crippen LogP contribution in [0.3, 0.4) is 0 Å². The number of hydrogen-bond acceptors (Lipinski definition) is 9. The summed E-state index contributed by atoms with van der Waals surface area (Å²) in [5, 5.41) is 3.22. The zero-order valence-electron chi connectivity index (χ0n) is 26.1. The molecule has 45 heavy (non-hydrogen) atoms. The first-order valence-electron chi connectivity index (χ1n) is 14.9. The first-order valence-corrected chi connectivity index (χ1v) is 16.5. The lowest BCUT2D eigenvalue weighted by Gasteiger charge is -2.19. The molecule has 0 saturated heterocycles. The van der Waals surface area contributed by atoms with Crippen LogP contribution in [0.25, 0.3) is 22.3 Å². The van der Waals surface area contributed by atoms with Gasteiger partial charge < -0.3 is 28.7 Å². The molecule has 1 heterocycles. The standard InChI is InChI=1S/C32H41FN2O9S/c1-32(2,3)44-28(36)19-42-16-15-41-14-13-40-12-11-35-45(38,39)20-23-17-27-26(18-25(23)21-5-6-21)29(31(37)34-4)30(43-27)22-7-9-24(33)10-8-22/h7-10,17-18,21,35H,5-6,11-16,19-20H2,1-4H3,(H,34,37). The molecule has 0 bridgehead atoms. The third kappa shape index (κ3) is 10.3. The van der Waals surface area contributed by atoms with E-state index in [1.807, 2.05) is 6.07 Å². The minimum Gasteiger partial charge on any atom is -0.458 e. The van der Waals surface area contributed by atoms with Gasteiger partial charge in [0, 0.05) is 24.5 Å². The van der Waals surface area contributed by atoms with Gasteiger partial charge in [-0.1, -0.05) is 0 Å². The van der Waals surface area contributed by atoms with Crippen LogP contribution in [0.15, 0.2) is 40.8 Å². The molecule has 1 aromatic heterocycles. The Morgan fingerprint density at radius 3 is 2.24 bits per heavy atom. The number of ether oxygens (including phenoxy) is 4. The third-order valence-electron chi connectivity index (χ3n) is 6.83. The van der Waals surface area contributed by atoms with E-state index in [1.54, 1.807) is 26.8 Å². The van der Waals surface area contributed by atoms with Crippen LogP contribution in [0.1, 0.15) is 61.0 Å². The Morgan fingerprint density at radius 2 is 1.62 bits per heavy atom. The molecule has 246 valence electrons. The van der Waals surface area contributed by atoms with Crippen LogP contribution < -0.4 is 10.0 Å². The number of sulfonamides is 1. The molecule has 1 aliphatic rings. The van der Waals surface area contributed by atoms with E-state index in [1.165, 1.54) is 31.3 Å². The van der Waals surface area contributed by atoms with Crippen molar-refractivity contribution < 1.29 is 45.8 Å². The molecule has 4 rings (SSSR count). The Labute approximate surface area is 262 Å². The fourth-order valence-corrected chi connectivity index (χ4v) is 5.90. The number of fused-ring (bicyclic) bond motifs is 1. The van der Waals surface area contributed by atoms with Crippen molar-refractivity contribution in [3.05, 3.63) is 58.9 Å². The van der Waals surface area contributed by atoms with Crippen LogP contribution in [0, 0.1) is 5.82 Å². The van der Waals surface area contributed by atoms with Crippen LogP contribution >= 0.6 is 0 Å². The number of esters is 1. The molecule has 13 heteroatoms. The van der Waals surface area contributed by atoms with Gasteiger partial charge in [0.05, 0.1) is 44.4 Å². The summed E-state index contributed by atoms with van der Waals surface area (Å²) in [5.41, 5.74) is 2.14. The fraction of sp³-hybridized carbons (Fsp3) is 0.500. The van der Waals surface area contributed by atoms with Gasteiger partial charge >= 0.3 is 5.97 Å². The Morgan fingerprint density at radius 1 is 0.978 bits per heavy atom. The second kappa shape index (κ2) is 15.3. The number of halogens is 1. The number of benzene rings is 2. The molecule has 0 unspecified atom stereocenters. The molecule has 2 N–H and O–H groups in total. The van der Waals surface area contributed by atoms with E-state index in [-0.39, 0.29) is 63.8 Å². The molecule has 0 atom stereocenters. The first-order chi connectivity index (χ1) is 21.4. The van der Waals surface area contributed by atoms with E-state index >= 15 is 0 Å². The van der Waals surface area contributed by atoms with Gasteiger partial charge in [0.2, 0.25) is 10.0 Å². The molecule has 0 radical (unpaired) electrons. The summed E-state index contributed by atoms with van der Waals surface area (Å²) in [5.74, 6) is -0.974. The van der Waals surface area contributed by atoms with Crippen molar-refractivity contribution in [2.45, 2.75) is 50.9 Å². The van der Waals surface area contributed by atoms with Crippen molar-refractivity contribution in [3.8, 4) is 11.3 Å². The average molecular weight is 649 g/mol. The number of amides is 1. The Balaban J connectivity index is 1.28. The van der Waals surface area contributed by atoms with Crippen LogP contribution in [0.5, 0.6) is 0 Å². The van der Waals surface area contributed by atoms with Crippen molar-refractivity contribution in [1.82, 2.24) is 10.0 Å². The maximum Gasteiger partial charge on any atom is 0.332 e. The topological polar surface area (TPSA) is 142 Å². The quantitative estimate of drug-likeness (QED) is 0.162. The van der Waals surface area contributed by atoms with Crippen LogP contribution in [0.2, 0.25) is 0 Å². The summed E-state index contributed by atoms with van der Waals surface area (Å²) in [7, 11) is -2.20. The molecular formula is C32H41FN2O9S. The van der Waals surface area contributed by atoms with Crippen molar-refractivity contribution in [2.24, 2.45) is 0 Å². The Kier molecular flexibility index (Phi) is 11.7. The average Bonchev–Trinajstić information content (AvgIpc) is 3.74. The van der Waals surface area contributed by atoms with Crippen molar-refractivity contribution in [1.29, 1.82) is 0 Å². The normalized spacial score (nSPS) is 13.7. The van der Waals surface area contributed by atoms with E-state index in [0.29, 0.717) is 33.4 Å². The fourth-order valence-electron chi connectivity index (χ4n) is 4.75. The maximum absolute atomic E-state index is 13.6. The van der Waals surface area contributed by atoms with Crippen molar-refractivity contribution in [2.75, 3.05) is 53.2 Å². The minimum absolute atomic E-state index is 0.0820. The summed E-state index contributed by atoms with van der Waals surface area (Å²) in [6.45, 7) is 6.49. The lowest BCUT2D eigenvalue weighted by Crippen LogP contribution is -2.29. The predicted octanol–water partition coefficient (Wildman–Crippen LogP) is 4.29. The first kappa shape index (κ1) is 34.5. The SMILES string of the molecule is CNC(=O)c1c(-c2ccc(F)cc2)oc2cc(CS(=O)(=O)NCCOCCOCCOCC(=O)OC(C)(C)C)c(C3CC3)cc12. The molecule has 3 aromatic rings. The molecule has 1 aliphatic carbocycles. The van der Waals surface area contributed by atoms with Gasteiger partial charge in [-0.05, 0) is 87.1 Å². The predicted molar refractivity (Wildman–Crippen MR) is 166 cm³/mol. The van der Waals surface area contributed by atoms with E-state index in [4.69, 9.17) is 23.4 Å². The summed E-state index contributed by atoms with van der Waals surface area (Å²) in [4.78, 5) is 24.5. The highest BCUT2D eigenvalue weighted by Gasteiger charge is 2.31. The largest absolute Gasteiger partial charge is 0.458 e. The van der Waals surface area contributed by atoms with Gasteiger partial charge in [0.15, 0.2) is 0 Å². The summed E-state index contributed by atoms with van der Waals surface area (Å²) >= 11 is 0. The zero-order valence-corrected chi connectivity index (χ0v) is 26.9. The van der Waals surface area contributed by atoms with E-state index in [2.05, 4.69) is 10.0 Å². The van der Waals surface area contributed by atoms with Gasteiger partial charge in [0.1, 0.15) is 29.4 Å². The monoisotopic (exact) mass is 648 g/mol. The Bertz CT molecular complexity index is 1580. The number of nitrogens with one attached hydrogen (secondary N) is 2. The highest BCUT2D eigenvalue weighted by molar-refractivity contribution is 7.88. The summed E-state index contributed by atoms with van der Waals surface area (Å²) in [6.07, 6.45) is 1.85. The number of furan rings is 1. The number of rotatable bonds is 17. The number of carbonyl (C=O) groups is 2. The van der Waals surface area contributed by atoms with Gasteiger partial charge in [-0.3, -0.25) is 4.79 Å². The second-order valence-corrected chi connectivity index (χ2v) is 13.5. The van der Waals surface area contributed by atoms with Crippen LogP contribution in [0.4, 0.5) is 4.39 Å². The molecule has 11 nitrogen and oxygen atoms in total. The van der Waals surface area contributed by atoms with E-state index in [9.17, 15) is 22.4 Å². The molecule has 1 amide bonds. The van der Waals surface area contributed by atoms with E-state index < -0.39 is 27.4 Å². The van der Waals surface area contributed by atoms with Crippen LogP contribution in [-0.4, -0.2) is 79.1 Å². The molecule has 1 fully saturated rings. The highest BCUT2D eigenvalue weighted by Crippen LogP contribution is 2.45. The molecule has 0 aliphatic heterocycles. The zero-order chi connectivity index (χ0) is 32.6. The van der Waals surface area contributed by atoms with Gasteiger partial charge in [-0.15, -0.1) is 0 Å². The maximum atomic E-state index is 13.6. The number of carbonyl (C=O) groups excluding carboxylic acids is 2. The molecule has 1 saturated carbocycles. The highest BCUT2D eigenvalue weighted by atomic mass is 32.2. The molecule has 2 aromatic carbocycles. The lowest BCUT2D eigenvalue weighted by atomic mass is 9.98. The van der Waals surface area contributed by atoms with Gasteiger partial charge in [-0.2, -0.15) is 0 Å². The molecule has 0 spiro atoms. The summed E-state index contributed by atoms with van der Waals surface area (Å²) in [6, 6.07) is 9.19. The van der Waals surface area contributed by atoms with Crippen LogP contribution in [-0.2, 0) is 39.5 Å².